The van der Waals surface area contributed by atoms with Crippen LogP contribution in [-0.2, 0) is 6.61 Å². The van der Waals surface area contributed by atoms with Gasteiger partial charge in [-0.1, -0.05) is 11.6 Å². The lowest BCUT2D eigenvalue weighted by Gasteiger charge is -2.05. The second kappa shape index (κ2) is 5.02. The normalized spacial score (nSPS) is 10.9. The van der Waals surface area contributed by atoms with E-state index in [1.807, 2.05) is 0 Å². The Morgan fingerprint density at radius 2 is 2.05 bits per heavy atom. The molecule has 0 atom stereocenters. The van der Waals surface area contributed by atoms with E-state index in [-0.39, 0.29) is 12.2 Å². The summed E-state index contributed by atoms with van der Waals surface area (Å²) >= 11 is 5.79. The van der Waals surface area contributed by atoms with Crippen LogP contribution in [-0.4, -0.2) is 9.56 Å². The topological polar surface area (TPSA) is 56.7 Å². The smallest absolute Gasteiger partial charge is 0.287 e. The van der Waals surface area contributed by atoms with Crippen LogP contribution in [0.15, 0.2) is 45.7 Å². The highest BCUT2D eigenvalue weighted by molar-refractivity contribution is 6.30. The lowest BCUT2D eigenvalue weighted by Crippen LogP contribution is -2.14. The van der Waals surface area contributed by atoms with Crippen molar-refractivity contribution in [2.24, 2.45) is 0 Å². The Balaban J connectivity index is 1.84. The van der Waals surface area contributed by atoms with E-state index in [9.17, 15) is 4.79 Å². The number of halogens is 1. The van der Waals surface area contributed by atoms with Gasteiger partial charge in [0.05, 0.1) is 5.69 Å². The highest BCUT2D eigenvalue weighted by Crippen LogP contribution is 2.16. The first-order valence-electron chi connectivity index (χ1n) is 6.00. The molecule has 0 N–H and O–H groups in total. The van der Waals surface area contributed by atoms with Gasteiger partial charge in [-0.15, -0.1) is 4.57 Å². The van der Waals surface area contributed by atoms with Crippen LogP contribution in [0.1, 0.15) is 11.5 Å². The van der Waals surface area contributed by atoms with Crippen LogP contribution in [0.4, 0.5) is 0 Å². The Morgan fingerprint density at radius 1 is 1.30 bits per heavy atom. The molecule has 0 fully saturated rings. The first-order valence-corrected chi connectivity index (χ1v) is 6.37. The zero-order chi connectivity index (χ0) is 14.1. The fourth-order valence-corrected chi connectivity index (χ4v) is 1.96. The maximum Gasteiger partial charge on any atom is 0.287 e. The molecular formula is C14H11ClN2O3. The van der Waals surface area contributed by atoms with Crippen LogP contribution in [0, 0.1) is 6.92 Å². The maximum absolute atomic E-state index is 11.8. The summed E-state index contributed by atoms with van der Waals surface area (Å²) < 4.78 is 11.9. The summed E-state index contributed by atoms with van der Waals surface area (Å²) in [6.07, 6.45) is 0. The Bertz CT molecular complexity index is 805. The van der Waals surface area contributed by atoms with E-state index in [1.165, 1.54) is 6.07 Å². The summed E-state index contributed by atoms with van der Waals surface area (Å²) in [5.41, 5.74) is 0.758. The zero-order valence-corrected chi connectivity index (χ0v) is 11.4. The number of hydrogen-bond donors (Lipinski definition) is 0. The molecule has 20 heavy (non-hydrogen) atoms. The van der Waals surface area contributed by atoms with Gasteiger partial charge in [0.15, 0.2) is 5.65 Å². The average Bonchev–Trinajstić information content (AvgIpc) is 2.79. The SMILES string of the molecule is Cc1cc2nc(COc3ccc(Cl)cc3)cc(=O)n2o1. The number of aryl methyl sites for hydroxylation is 1. The molecule has 0 spiro atoms. The van der Waals surface area contributed by atoms with Gasteiger partial charge in [-0.2, -0.15) is 0 Å². The molecule has 6 heteroatoms. The minimum atomic E-state index is -0.266. The Hall–Kier alpha value is -2.27. The van der Waals surface area contributed by atoms with Crippen molar-refractivity contribution >= 4 is 17.2 Å². The van der Waals surface area contributed by atoms with Crippen molar-refractivity contribution in [3.63, 3.8) is 0 Å². The van der Waals surface area contributed by atoms with E-state index in [4.69, 9.17) is 20.9 Å². The molecule has 0 unspecified atom stereocenters. The van der Waals surface area contributed by atoms with E-state index < -0.39 is 0 Å². The number of ether oxygens (including phenoxy) is 1. The molecular weight excluding hydrogens is 280 g/mol. The highest BCUT2D eigenvalue weighted by atomic mass is 35.5. The second-order valence-corrected chi connectivity index (χ2v) is 4.76. The molecule has 0 radical (unpaired) electrons. The number of nitrogens with zero attached hydrogens (tertiary/aromatic N) is 2. The summed E-state index contributed by atoms with van der Waals surface area (Å²) in [5, 5.41) is 0.643. The van der Waals surface area contributed by atoms with E-state index in [1.54, 1.807) is 37.3 Å². The third kappa shape index (κ3) is 2.53. The van der Waals surface area contributed by atoms with E-state index in [0.29, 0.717) is 27.9 Å². The molecule has 2 aromatic heterocycles. The quantitative estimate of drug-likeness (QED) is 0.744. The van der Waals surface area contributed by atoms with Gasteiger partial charge in [-0.25, -0.2) is 4.98 Å². The van der Waals surface area contributed by atoms with Gasteiger partial charge >= 0.3 is 0 Å². The van der Waals surface area contributed by atoms with Gasteiger partial charge in [0.25, 0.3) is 5.56 Å². The van der Waals surface area contributed by atoms with Crippen molar-refractivity contribution in [1.82, 2.24) is 9.56 Å². The standard InChI is InChI=1S/C14H11ClN2O3/c1-9-6-13-16-11(7-14(18)17(13)20-9)8-19-12-4-2-10(15)3-5-12/h2-7H,8H2,1H3. The van der Waals surface area contributed by atoms with Crippen molar-refractivity contribution in [3.05, 3.63) is 63.2 Å². The third-order valence-corrected chi connectivity index (χ3v) is 2.98. The number of rotatable bonds is 3. The lowest BCUT2D eigenvalue weighted by atomic mass is 10.3. The molecule has 3 aromatic rings. The van der Waals surface area contributed by atoms with Gasteiger partial charge in [0.1, 0.15) is 18.1 Å². The van der Waals surface area contributed by atoms with Crippen molar-refractivity contribution in [2.45, 2.75) is 13.5 Å². The predicted octanol–water partition coefficient (Wildman–Crippen LogP) is 2.83. The van der Waals surface area contributed by atoms with Crippen LogP contribution < -0.4 is 10.3 Å². The molecule has 0 saturated carbocycles. The van der Waals surface area contributed by atoms with Gasteiger partial charge in [0, 0.05) is 17.2 Å². The summed E-state index contributed by atoms with van der Waals surface area (Å²) in [4.78, 5) is 16.1. The predicted molar refractivity (Wildman–Crippen MR) is 74.2 cm³/mol. The third-order valence-electron chi connectivity index (χ3n) is 2.72. The molecule has 5 nitrogen and oxygen atoms in total. The minimum Gasteiger partial charge on any atom is -0.487 e. The van der Waals surface area contributed by atoms with Crippen molar-refractivity contribution in [2.75, 3.05) is 0 Å². The van der Waals surface area contributed by atoms with Crippen LogP contribution in [0.25, 0.3) is 5.65 Å². The van der Waals surface area contributed by atoms with Crippen LogP contribution >= 0.6 is 11.6 Å². The molecule has 0 aliphatic carbocycles. The monoisotopic (exact) mass is 290 g/mol. The molecule has 0 saturated heterocycles. The largest absolute Gasteiger partial charge is 0.487 e. The number of fused-ring (bicyclic) bond motifs is 1. The molecule has 0 aliphatic heterocycles. The molecule has 1 aromatic carbocycles. The number of hydrogen-bond acceptors (Lipinski definition) is 4. The fraction of sp³-hybridized carbons (Fsp3) is 0.143. The number of benzene rings is 1. The first-order chi connectivity index (χ1) is 9.61. The molecule has 0 aliphatic rings. The minimum absolute atomic E-state index is 0.206. The van der Waals surface area contributed by atoms with Crippen LogP contribution in [0.3, 0.4) is 0 Å². The molecule has 102 valence electrons. The Labute approximate surface area is 119 Å². The average molecular weight is 291 g/mol. The van der Waals surface area contributed by atoms with E-state index in [2.05, 4.69) is 4.98 Å². The van der Waals surface area contributed by atoms with Gasteiger partial charge in [0.2, 0.25) is 0 Å². The van der Waals surface area contributed by atoms with Crippen LogP contribution in [0.5, 0.6) is 5.75 Å². The Morgan fingerprint density at radius 3 is 2.80 bits per heavy atom. The summed E-state index contributed by atoms with van der Waals surface area (Å²) in [5.74, 6) is 1.30. The molecule has 2 heterocycles. The van der Waals surface area contributed by atoms with Crippen molar-refractivity contribution in [1.29, 1.82) is 0 Å². The van der Waals surface area contributed by atoms with E-state index >= 15 is 0 Å². The summed E-state index contributed by atoms with van der Waals surface area (Å²) in [6.45, 7) is 1.97. The summed E-state index contributed by atoms with van der Waals surface area (Å²) in [7, 11) is 0. The Kier molecular flexibility index (Phi) is 3.20. The first kappa shape index (κ1) is 12.7. The fourth-order valence-electron chi connectivity index (χ4n) is 1.84. The van der Waals surface area contributed by atoms with Crippen LogP contribution in [0.2, 0.25) is 5.02 Å². The molecule has 0 amide bonds. The lowest BCUT2D eigenvalue weighted by molar-refractivity contribution is 0.298. The van der Waals surface area contributed by atoms with Crippen molar-refractivity contribution in [3.8, 4) is 5.75 Å². The number of aromatic nitrogens is 2. The second-order valence-electron chi connectivity index (χ2n) is 4.33. The summed E-state index contributed by atoms with van der Waals surface area (Å²) in [6, 6.07) is 10.1. The van der Waals surface area contributed by atoms with Gasteiger partial charge in [-0.3, -0.25) is 4.79 Å². The van der Waals surface area contributed by atoms with Gasteiger partial charge in [-0.05, 0) is 31.2 Å². The molecule has 0 bridgehead atoms. The van der Waals surface area contributed by atoms with Gasteiger partial charge < -0.3 is 9.26 Å². The van der Waals surface area contributed by atoms with Crippen molar-refractivity contribution < 1.29 is 9.26 Å². The highest BCUT2D eigenvalue weighted by Gasteiger charge is 2.07. The maximum atomic E-state index is 11.8. The zero-order valence-electron chi connectivity index (χ0n) is 10.7. The molecule has 3 rings (SSSR count). The van der Waals surface area contributed by atoms with E-state index in [0.717, 1.165) is 4.57 Å².